The molecule has 0 spiro atoms. The fourth-order valence-corrected chi connectivity index (χ4v) is 1.87. The second kappa shape index (κ2) is 8.19. The predicted octanol–water partition coefficient (Wildman–Crippen LogP) is 2.49. The predicted molar refractivity (Wildman–Crippen MR) is 69.9 cm³/mol. The maximum Gasteiger partial charge on any atom is 0.172 e. The minimum atomic E-state index is -0.576. The molecule has 1 N–H and O–H groups in total. The molecule has 19 heavy (non-hydrogen) atoms. The van der Waals surface area contributed by atoms with Crippen LogP contribution >= 0.6 is 0 Å². The Labute approximate surface area is 112 Å². The summed E-state index contributed by atoms with van der Waals surface area (Å²) < 4.78 is 37.5. The highest BCUT2D eigenvalue weighted by molar-refractivity contribution is 5.19. The molecule has 0 radical (unpaired) electrons. The van der Waals surface area contributed by atoms with Crippen LogP contribution in [0.3, 0.4) is 0 Å². The van der Waals surface area contributed by atoms with Gasteiger partial charge in [-0.1, -0.05) is 6.07 Å². The molecule has 0 amide bonds. The second-order valence-electron chi connectivity index (χ2n) is 4.11. The van der Waals surface area contributed by atoms with Crippen molar-refractivity contribution in [3.63, 3.8) is 0 Å². The smallest absolute Gasteiger partial charge is 0.172 e. The summed E-state index contributed by atoms with van der Waals surface area (Å²) in [6, 6.07) is 3.39. The lowest BCUT2D eigenvalue weighted by Crippen LogP contribution is -2.43. The molecule has 0 bridgehead atoms. The van der Waals surface area contributed by atoms with Gasteiger partial charge < -0.3 is 14.8 Å². The monoisotopic (exact) mass is 273 g/mol. The molecule has 0 aliphatic carbocycles. The molecule has 108 valence electrons. The highest BCUT2D eigenvalue weighted by Crippen LogP contribution is 2.14. The molecule has 1 aromatic carbocycles. The van der Waals surface area contributed by atoms with Crippen LogP contribution in [0.5, 0.6) is 0 Å². The molecule has 0 saturated heterocycles. The SMILES string of the molecule is CCOC(OCC)C(Cc1ccc(F)cc1F)NC. The van der Waals surface area contributed by atoms with E-state index in [9.17, 15) is 8.78 Å². The Bertz CT molecular complexity index is 382. The number of rotatable bonds is 8. The number of hydrogen-bond donors (Lipinski definition) is 1. The average Bonchev–Trinajstić information content (AvgIpc) is 2.38. The lowest BCUT2D eigenvalue weighted by Gasteiger charge is -2.26. The summed E-state index contributed by atoms with van der Waals surface area (Å²) in [6.45, 7) is 4.76. The molecule has 1 atom stereocenters. The van der Waals surface area contributed by atoms with Gasteiger partial charge in [0.2, 0.25) is 0 Å². The molecule has 0 aromatic heterocycles. The van der Waals surface area contributed by atoms with Crippen LogP contribution in [-0.2, 0) is 15.9 Å². The molecule has 5 heteroatoms. The molecule has 0 saturated carbocycles. The van der Waals surface area contributed by atoms with E-state index in [1.165, 1.54) is 12.1 Å². The quantitative estimate of drug-likeness (QED) is 0.738. The summed E-state index contributed by atoms with van der Waals surface area (Å²) in [4.78, 5) is 0. The van der Waals surface area contributed by atoms with Crippen LogP contribution in [0.4, 0.5) is 8.78 Å². The first kappa shape index (κ1) is 16.0. The Balaban J connectivity index is 2.78. The normalized spacial score (nSPS) is 12.9. The maximum atomic E-state index is 13.6. The summed E-state index contributed by atoms with van der Waals surface area (Å²) in [5, 5.41) is 3.05. The maximum absolute atomic E-state index is 13.6. The zero-order valence-electron chi connectivity index (χ0n) is 11.6. The Morgan fingerprint density at radius 1 is 1.16 bits per heavy atom. The first-order chi connectivity index (χ1) is 9.12. The standard InChI is InChI=1S/C14H21F2NO2/c1-4-18-14(19-5-2)13(17-3)8-10-6-7-11(15)9-12(10)16/h6-7,9,13-14,17H,4-5,8H2,1-3H3. The van der Waals surface area contributed by atoms with Gasteiger partial charge >= 0.3 is 0 Å². The highest BCUT2D eigenvalue weighted by atomic mass is 19.1. The Morgan fingerprint density at radius 2 is 1.79 bits per heavy atom. The van der Waals surface area contributed by atoms with E-state index in [0.29, 0.717) is 25.2 Å². The molecule has 0 aliphatic heterocycles. The summed E-state index contributed by atoms with van der Waals surface area (Å²) in [5.41, 5.74) is 0.435. The molecule has 0 aliphatic rings. The van der Waals surface area contributed by atoms with Crippen molar-refractivity contribution < 1.29 is 18.3 Å². The van der Waals surface area contributed by atoms with Crippen molar-refractivity contribution in [3.8, 4) is 0 Å². The van der Waals surface area contributed by atoms with Gasteiger partial charge in [0.15, 0.2) is 6.29 Å². The topological polar surface area (TPSA) is 30.5 Å². The molecule has 0 fully saturated rings. The zero-order chi connectivity index (χ0) is 14.3. The minimum Gasteiger partial charge on any atom is -0.351 e. The Kier molecular flexibility index (Phi) is 6.91. The summed E-state index contributed by atoms with van der Waals surface area (Å²) in [5.74, 6) is -1.12. The van der Waals surface area contributed by atoms with Crippen LogP contribution in [0.1, 0.15) is 19.4 Å². The van der Waals surface area contributed by atoms with Crippen LogP contribution in [0.25, 0.3) is 0 Å². The molecule has 1 unspecified atom stereocenters. The van der Waals surface area contributed by atoms with Crippen molar-refractivity contribution >= 4 is 0 Å². The second-order valence-corrected chi connectivity index (χ2v) is 4.11. The van der Waals surface area contributed by atoms with E-state index in [1.54, 1.807) is 7.05 Å². The number of benzene rings is 1. The molecule has 0 heterocycles. The first-order valence-corrected chi connectivity index (χ1v) is 6.46. The van der Waals surface area contributed by atoms with Gasteiger partial charge in [-0.05, 0) is 38.9 Å². The molecular formula is C14H21F2NO2. The van der Waals surface area contributed by atoms with E-state index < -0.39 is 17.9 Å². The van der Waals surface area contributed by atoms with Crippen molar-refractivity contribution in [1.29, 1.82) is 0 Å². The van der Waals surface area contributed by atoms with Gasteiger partial charge in [-0.25, -0.2) is 8.78 Å². The number of halogens is 2. The van der Waals surface area contributed by atoms with E-state index >= 15 is 0 Å². The first-order valence-electron chi connectivity index (χ1n) is 6.46. The van der Waals surface area contributed by atoms with E-state index in [1.807, 2.05) is 13.8 Å². The lowest BCUT2D eigenvalue weighted by molar-refractivity contribution is -0.152. The summed E-state index contributed by atoms with van der Waals surface area (Å²) >= 11 is 0. The van der Waals surface area contributed by atoms with Gasteiger partial charge in [0.25, 0.3) is 0 Å². The van der Waals surface area contributed by atoms with Crippen LogP contribution < -0.4 is 5.32 Å². The van der Waals surface area contributed by atoms with Crippen LogP contribution in [0.15, 0.2) is 18.2 Å². The van der Waals surface area contributed by atoms with Crippen molar-refractivity contribution in [2.75, 3.05) is 20.3 Å². The minimum absolute atomic E-state index is 0.195. The number of likely N-dealkylation sites (N-methyl/N-ethyl adjacent to an activating group) is 1. The Hall–Kier alpha value is -1.04. The third-order valence-electron chi connectivity index (χ3n) is 2.82. The van der Waals surface area contributed by atoms with E-state index in [-0.39, 0.29) is 6.04 Å². The van der Waals surface area contributed by atoms with Gasteiger partial charge in [-0.15, -0.1) is 0 Å². The molecule has 1 rings (SSSR count). The van der Waals surface area contributed by atoms with E-state index in [2.05, 4.69) is 5.32 Å². The third kappa shape index (κ3) is 4.86. The van der Waals surface area contributed by atoms with Crippen LogP contribution in [0, 0.1) is 11.6 Å². The Morgan fingerprint density at radius 3 is 2.26 bits per heavy atom. The van der Waals surface area contributed by atoms with Gasteiger partial charge in [-0.3, -0.25) is 0 Å². The summed E-state index contributed by atoms with van der Waals surface area (Å²) in [7, 11) is 1.76. The van der Waals surface area contributed by atoms with Crippen molar-refractivity contribution in [3.05, 3.63) is 35.4 Å². The van der Waals surface area contributed by atoms with E-state index in [4.69, 9.17) is 9.47 Å². The van der Waals surface area contributed by atoms with Gasteiger partial charge in [-0.2, -0.15) is 0 Å². The summed E-state index contributed by atoms with van der Waals surface area (Å²) in [6.07, 6.45) is -0.0859. The van der Waals surface area contributed by atoms with Crippen LogP contribution in [-0.4, -0.2) is 32.6 Å². The molecular weight excluding hydrogens is 252 g/mol. The van der Waals surface area contributed by atoms with E-state index in [0.717, 1.165) is 6.07 Å². The van der Waals surface area contributed by atoms with Gasteiger partial charge in [0, 0.05) is 19.3 Å². The number of nitrogens with one attached hydrogen (secondary N) is 1. The highest BCUT2D eigenvalue weighted by Gasteiger charge is 2.22. The molecule has 1 aromatic rings. The van der Waals surface area contributed by atoms with Crippen molar-refractivity contribution in [1.82, 2.24) is 5.32 Å². The fraction of sp³-hybridized carbons (Fsp3) is 0.571. The fourth-order valence-electron chi connectivity index (χ4n) is 1.87. The molecule has 3 nitrogen and oxygen atoms in total. The third-order valence-corrected chi connectivity index (χ3v) is 2.82. The number of hydrogen-bond acceptors (Lipinski definition) is 3. The average molecular weight is 273 g/mol. The van der Waals surface area contributed by atoms with Gasteiger partial charge in [0.1, 0.15) is 11.6 Å². The zero-order valence-corrected chi connectivity index (χ0v) is 11.6. The lowest BCUT2D eigenvalue weighted by atomic mass is 10.0. The van der Waals surface area contributed by atoms with Crippen molar-refractivity contribution in [2.24, 2.45) is 0 Å². The van der Waals surface area contributed by atoms with Crippen molar-refractivity contribution in [2.45, 2.75) is 32.6 Å². The largest absolute Gasteiger partial charge is 0.351 e. The van der Waals surface area contributed by atoms with Gasteiger partial charge in [0.05, 0.1) is 6.04 Å². The van der Waals surface area contributed by atoms with Crippen LogP contribution in [0.2, 0.25) is 0 Å². The number of ether oxygens (including phenoxy) is 2.